The first-order chi connectivity index (χ1) is 12.6. The summed E-state index contributed by atoms with van der Waals surface area (Å²) in [6.07, 6.45) is 0.123. The molecule has 2 aliphatic rings. The summed E-state index contributed by atoms with van der Waals surface area (Å²) in [6, 6.07) is 0. The molecule has 7 nitrogen and oxygen atoms in total. The average Bonchev–Trinajstić information content (AvgIpc) is 3.16. The predicted molar refractivity (Wildman–Crippen MR) is 105 cm³/mol. The van der Waals surface area contributed by atoms with Crippen LogP contribution < -0.4 is 5.32 Å². The fraction of sp³-hybridized carbons (Fsp3) is 0.722. The van der Waals surface area contributed by atoms with Crippen LogP contribution in [-0.2, 0) is 28.6 Å². The van der Waals surface area contributed by atoms with Crippen LogP contribution in [-0.4, -0.2) is 53.9 Å². The van der Waals surface area contributed by atoms with Crippen LogP contribution in [0.4, 0.5) is 0 Å². The van der Waals surface area contributed by atoms with Gasteiger partial charge in [-0.15, -0.1) is 11.8 Å². The van der Waals surface area contributed by atoms with Crippen molar-refractivity contribution in [2.75, 3.05) is 18.8 Å². The lowest BCUT2D eigenvalue weighted by atomic mass is 10.0. The van der Waals surface area contributed by atoms with E-state index in [2.05, 4.69) is 5.32 Å². The van der Waals surface area contributed by atoms with Crippen molar-refractivity contribution in [2.45, 2.75) is 58.2 Å². The maximum atomic E-state index is 12.6. The smallest absolute Gasteiger partial charge is 0.347 e. The summed E-state index contributed by atoms with van der Waals surface area (Å²) in [6.45, 7) is 9.81. The zero-order valence-electron chi connectivity index (χ0n) is 16.3. The van der Waals surface area contributed by atoms with Crippen LogP contribution in [0.5, 0.6) is 0 Å². The summed E-state index contributed by atoms with van der Waals surface area (Å²) >= 11 is 2.59. The first kappa shape index (κ1) is 22.1. The van der Waals surface area contributed by atoms with Crippen molar-refractivity contribution in [3.63, 3.8) is 0 Å². The summed E-state index contributed by atoms with van der Waals surface area (Å²) in [7, 11) is 0. The molecule has 0 aliphatic carbocycles. The fourth-order valence-corrected chi connectivity index (χ4v) is 6.20. The van der Waals surface area contributed by atoms with Crippen LogP contribution in [0.3, 0.4) is 0 Å². The summed E-state index contributed by atoms with van der Waals surface area (Å²) in [5.74, 6) is -1.25. The monoisotopic (exact) mass is 417 g/mol. The number of carbonyl (C=O) groups excluding carboxylic acids is 3. The van der Waals surface area contributed by atoms with Gasteiger partial charge >= 0.3 is 17.9 Å². The van der Waals surface area contributed by atoms with Crippen LogP contribution in [0, 0.1) is 5.92 Å². The fourth-order valence-electron chi connectivity index (χ4n) is 2.91. The van der Waals surface area contributed by atoms with Gasteiger partial charge in [-0.2, -0.15) is 0 Å². The van der Waals surface area contributed by atoms with E-state index in [1.807, 2.05) is 0 Å². The number of thioether (sulfide) groups is 2. The topological polar surface area (TPSA) is 90.9 Å². The van der Waals surface area contributed by atoms with E-state index < -0.39 is 16.9 Å². The first-order valence-corrected chi connectivity index (χ1v) is 10.8. The molecule has 2 unspecified atom stereocenters. The zero-order chi connectivity index (χ0) is 20.2. The van der Waals surface area contributed by atoms with Crippen molar-refractivity contribution >= 4 is 41.4 Å². The molecule has 0 aromatic carbocycles. The van der Waals surface area contributed by atoms with Gasteiger partial charge in [-0.3, -0.25) is 4.79 Å². The van der Waals surface area contributed by atoms with E-state index in [0.717, 1.165) is 19.5 Å². The number of ether oxygens (including phenoxy) is 3. The number of esters is 3. The molecule has 2 saturated heterocycles. The Labute approximate surface area is 168 Å². The van der Waals surface area contributed by atoms with Crippen LogP contribution in [0.1, 0.15) is 41.0 Å². The second kappa shape index (κ2) is 9.34. The molecule has 2 atom stereocenters. The Hall–Kier alpha value is -1.19. The van der Waals surface area contributed by atoms with E-state index in [9.17, 15) is 14.4 Å². The Balaban J connectivity index is 2.37. The molecule has 2 fully saturated rings. The third-order valence-electron chi connectivity index (χ3n) is 3.97. The molecular weight excluding hydrogens is 390 g/mol. The third-order valence-corrected chi connectivity index (χ3v) is 7.09. The van der Waals surface area contributed by atoms with Crippen molar-refractivity contribution in [1.29, 1.82) is 0 Å². The van der Waals surface area contributed by atoms with Gasteiger partial charge in [-0.25, -0.2) is 9.59 Å². The minimum Gasteiger partial charge on any atom is -0.459 e. The number of carbonyl (C=O) groups is 3. The van der Waals surface area contributed by atoms with Crippen molar-refractivity contribution in [3.8, 4) is 0 Å². The number of hydrogen-bond donors (Lipinski definition) is 1. The minimum absolute atomic E-state index is 0.0971. The van der Waals surface area contributed by atoms with E-state index in [1.54, 1.807) is 27.7 Å². The van der Waals surface area contributed by atoms with Gasteiger partial charge in [0.25, 0.3) is 0 Å². The Morgan fingerprint density at radius 2 is 1.70 bits per heavy atom. The summed E-state index contributed by atoms with van der Waals surface area (Å²) in [5, 5.41) is 3.28. The van der Waals surface area contributed by atoms with Crippen molar-refractivity contribution in [2.24, 2.45) is 5.92 Å². The van der Waals surface area contributed by atoms with Gasteiger partial charge < -0.3 is 19.5 Å². The van der Waals surface area contributed by atoms with Crippen molar-refractivity contribution < 1.29 is 28.6 Å². The highest BCUT2D eigenvalue weighted by Crippen LogP contribution is 2.55. The SMILES string of the molecule is CC(=O)OC1(C2CCNC2)CSC(=C(C(=O)OC(C)C)C(=O)OC(C)C)S1. The maximum Gasteiger partial charge on any atom is 0.347 e. The lowest BCUT2D eigenvalue weighted by molar-refractivity contribution is -0.151. The molecule has 27 heavy (non-hydrogen) atoms. The summed E-state index contributed by atoms with van der Waals surface area (Å²) < 4.78 is 16.7. The number of nitrogens with one attached hydrogen (secondary N) is 1. The Morgan fingerprint density at radius 3 is 2.15 bits per heavy atom. The molecule has 2 aliphatic heterocycles. The van der Waals surface area contributed by atoms with Gasteiger partial charge in [0.1, 0.15) is 0 Å². The summed E-state index contributed by atoms with van der Waals surface area (Å²) in [4.78, 5) is 36.1. The highest BCUT2D eigenvalue weighted by molar-refractivity contribution is 8.26. The maximum absolute atomic E-state index is 12.6. The van der Waals surface area contributed by atoms with Crippen molar-refractivity contribution in [3.05, 3.63) is 9.81 Å². The lowest BCUT2D eigenvalue weighted by Gasteiger charge is -2.32. The normalized spacial score (nSPS) is 25.0. The Bertz CT molecular complexity index is 603. The average molecular weight is 418 g/mol. The lowest BCUT2D eigenvalue weighted by Crippen LogP contribution is -2.40. The van der Waals surface area contributed by atoms with Crippen LogP contribution >= 0.6 is 23.5 Å². The highest BCUT2D eigenvalue weighted by Gasteiger charge is 2.50. The summed E-state index contributed by atoms with van der Waals surface area (Å²) in [5.41, 5.74) is -0.118. The molecule has 0 aromatic rings. The largest absolute Gasteiger partial charge is 0.459 e. The van der Waals surface area contributed by atoms with Gasteiger partial charge in [0, 0.05) is 25.1 Å². The number of rotatable bonds is 6. The Kier molecular flexibility index (Phi) is 7.64. The quantitative estimate of drug-likeness (QED) is 0.230. The third kappa shape index (κ3) is 5.65. The molecule has 0 bridgehead atoms. The predicted octanol–water partition coefficient (Wildman–Crippen LogP) is 2.45. The van der Waals surface area contributed by atoms with Gasteiger partial charge in [0.05, 0.1) is 16.4 Å². The number of hydrogen-bond acceptors (Lipinski definition) is 9. The molecular formula is C18H27NO6S2. The zero-order valence-corrected chi connectivity index (χ0v) is 18.0. The molecule has 0 amide bonds. The van der Waals surface area contributed by atoms with Crippen LogP contribution in [0.25, 0.3) is 0 Å². The molecule has 152 valence electrons. The van der Waals surface area contributed by atoms with Gasteiger partial charge in [0.15, 0.2) is 10.5 Å². The van der Waals surface area contributed by atoms with Gasteiger partial charge in [-0.05, 0) is 40.7 Å². The van der Waals surface area contributed by atoms with Gasteiger partial charge in [-0.1, -0.05) is 11.8 Å². The van der Waals surface area contributed by atoms with E-state index in [1.165, 1.54) is 30.4 Å². The first-order valence-electron chi connectivity index (χ1n) is 9.03. The minimum atomic E-state index is -0.809. The van der Waals surface area contributed by atoms with E-state index in [-0.39, 0.29) is 29.7 Å². The molecule has 0 saturated carbocycles. The molecule has 0 aromatic heterocycles. The van der Waals surface area contributed by atoms with Crippen molar-refractivity contribution in [1.82, 2.24) is 5.32 Å². The molecule has 0 radical (unpaired) electrons. The molecule has 9 heteroatoms. The molecule has 2 heterocycles. The standard InChI is InChI=1S/C18H27NO6S2/c1-10(2)23-15(21)14(16(22)24-11(3)4)17-26-9-18(27-17,25-12(5)20)13-6-7-19-8-13/h10-11,13,19H,6-9H2,1-5H3. The van der Waals surface area contributed by atoms with Crippen LogP contribution in [0.15, 0.2) is 9.81 Å². The molecule has 1 N–H and O–H groups in total. The second-order valence-corrected chi connectivity index (χ2v) is 9.60. The van der Waals surface area contributed by atoms with E-state index >= 15 is 0 Å². The van der Waals surface area contributed by atoms with Crippen LogP contribution in [0.2, 0.25) is 0 Å². The van der Waals surface area contributed by atoms with E-state index in [0.29, 0.717) is 9.99 Å². The highest BCUT2D eigenvalue weighted by atomic mass is 32.2. The molecule has 2 rings (SSSR count). The Morgan fingerprint density at radius 1 is 1.11 bits per heavy atom. The second-order valence-electron chi connectivity index (χ2n) is 7.06. The van der Waals surface area contributed by atoms with Gasteiger partial charge in [0.2, 0.25) is 0 Å². The van der Waals surface area contributed by atoms with E-state index in [4.69, 9.17) is 14.2 Å². The molecule has 0 spiro atoms.